The predicted octanol–water partition coefficient (Wildman–Crippen LogP) is 1.45. The molecule has 2 N–H and O–H groups in total. The summed E-state index contributed by atoms with van der Waals surface area (Å²) < 4.78 is 0. The summed E-state index contributed by atoms with van der Waals surface area (Å²) in [5.74, 6) is 0.237. The second-order valence-corrected chi connectivity index (χ2v) is 3.77. The average Bonchev–Trinajstić information content (AvgIpc) is 2.82. The maximum Gasteiger partial charge on any atom is 0.135 e. The molecule has 1 aromatic carbocycles. The van der Waals surface area contributed by atoms with E-state index in [1.54, 1.807) is 6.92 Å². The van der Waals surface area contributed by atoms with Crippen LogP contribution < -0.4 is 5.73 Å². The van der Waals surface area contributed by atoms with E-state index in [1.807, 2.05) is 30.3 Å². The first-order valence-electron chi connectivity index (χ1n) is 4.49. The van der Waals surface area contributed by atoms with Crippen LogP contribution in [0, 0.1) is 5.92 Å². The molecule has 1 aliphatic rings. The summed E-state index contributed by atoms with van der Waals surface area (Å²) in [6.45, 7) is 1.61. The Bertz CT molecular complexity index is 333. The van der Waals surface area contributed by atoms with E-state index in [-0.39, 0.29) is 17.2 Å². The first-order chi connectivity index (χ1) is 6.14. The second kappa shape index (κ2) is 2.67. The lowest BCUT2D eigenvalue weighted by molar-refractivity contribution is -0.118. The summed E-state index contributed by atoms with van der Waals surface area (Å²) in [6, 6.07) is 9.85. The predicted molar refractivity (Wildman–Crippen MR) is 51.1 cm³/mol. The Morgan fingerprint density at radius 3 is 2.54 bits per heavy atom. The summed E-state index contributed by atoms with van der Waals surface area (Å²) in [5.41, 5.74) is 6.80. The van der Waals surface area contributed by atoms with Crippen LogP contribution in [0.4, 0.5) is 0 Å². The van der Waals surface area contributed by atoms with Gasteiger partial charge in [-0.05, 0) is 18.9 Å². The highest BCUT2D eigenvalue weighted by atomic mass is 16.1. The van der Waals surface area contributed by atoms with Crippen molar-refractivity contribution in [1.82, 2.24) is 0 Å². The molecule has 0 unspecified atom stereocenters. The van der Waals surface area contributed by atoms with Crippen molar-refractivity contribution in [1.29, 1.82) is 0 Å². The largest absolute Gasteiger partial charge is 0.321 e. The van der Waals surface area contributed by atoms with Gasteiger partial charge in [-0.15, -0.1) is 0 Å². The van der Waals surface area contributed by atoms with E-state index in [0.29, 0.717) is 0 Å². The molecule has 1 aliphatic carbocycles. The van der Waals surface area contributed by atoms with Crippen LogP contribution in [0.25, 0.3) is 0 Å². The maximum atomic E-state index is 11.1. The quantitative estimate of drug-likeness (QED) is 0.739. The van der Waals surface area contributed by atoms with Crippen LogP contribution in [-0.4, -0.2) is 5.78 Å². The SMILES string of the molecule is CC(=O)[C@@H]1C[C@@]1(N)c1ccccc1. The van der Waals surface area contributed by atoms with Gasteiger partial charge in [0.2, 0.25) is 0 Å². The summed E-state index contributed by atoms with van der Waals surface area (Å²) in [7, 11) is 0. The standard InChI is InChI=1S/C11H13NO/c1-8(13)10-7-11(10,12)9-5-3-2-4-6-9/h2-6,10H,7,12H2,1H3/t10-,11+/m0/s1. The lowest BCUT2D eigenvalue weighted by atomic mass is 10.0. The lowest BCUT2D eigenvalue weighted by Crippen LogP contribution is -2.24. The van der Waals surface area contributed by atoms with E-state index in [4.69, 9.17) is 5.73 Å². The third kappa shape index (κ3) is 1.27. The smallest absolute Gasteiger partial charge is 0.135 e. The molecule has 0 amide bonds. The molecule has 68 valence electrons. The highest BCUT2D eigenvalue weighted by molar-refractivity contribution is 5.83. The minimum absolute atomic E-state index is 0.0369. The highest BCUT2D eigenvalue weighted by Crippen LogP contribution is 2.49. The van der Waals surface area contributed by atoms with Gasteiger partial charge < -0.3 is 5.73 Å². The molecule has 2 nitrogen and oxygen atoms in total. The van der Waals surface area contributed by atoms with Gasteiger partial charge in [0.1, 0.15) is 5.78 Å². The van der Waals surface area contributed by atoms with Crippen molar-refractivity contribution in [3.8, 4) is 0 Å². The van der Waals surface area contributed by atoms with Crippen molar-refractivity contribution >= 4 is 5.78 Å². The molecule has 0 heterocycles. The molecular weight excluding hydrogens is 162 g/mol. The van der Waals surface area contributed by atoms with Gasteiger partial charge in [-0.2, -0.15) is 0 Å². The fourth-order valence-electron chi connectivity index (χ4n) is 1.85. The number of hydrogen-bond donors (Lipinski definition) is 1. The Morgan fingerprint density at radius 1 is 1.46 bits per heavy atom. The van der Waals surface area contributed by atoms with Gasteiger partial charge >= 0.3 is 0 Å². The molecule has 0 aromatic heterocycles. The van der Waals surface area contributed by atoms with Gasteiger partial charge in [-0.25, -0.2) is 0 Å². The number of ketones is 1. The zero-order valence-electron chi connectivity index (χ0n) is 7.66. The van der Waals surface area contributed by atoms with E-state index in [0.717, 1.165) is 12.0 Å². The van der Waals surface area contributed by atoms with Gasteiger partial charge in [0.15, 0.2) is 0 Å². The highest BCUT2D eigenvalue weighted by Gasteiger charge is 2.54. The molecule has 1 saturated carbocycles. The molecule has 0 radical (unpaired) electrons. The van der Waals surface area contributed by atoms with Crippen LogP contribution in [0.15, 0.2) is 30.3 Å². The molecule has 1 fully saturated rings. The molecule has 0 aliphatic heterocycles. The van der Waals surface area contributed by atoms with Crippen LogP contribution in [-0.2, 0) is 10.3 Å². The first-order valence-corrected chi connectivity index (χ1v) is 4.49. The zero-order chi connectivity index (χ0) is 9.47. The van der Waals surface area contributed by atoms with Crippen molar-refractivity contribution in [2.24, 2.45) is 11.7 Å². The molecular formula is C11H13NO. The van der Waals surface area contributed by atoms with Crippen LogP contribution in [0.2, 0.25) is 0 Å². The normalized spacial score (nSPS) is 31.4. The molecule has 1 aromatic rings. The number of benzene rings is 1. The Morgan fingerprint density at radius 2 is 2.08 bits per heavy atom. The summed E-state index contributed by atoms with van der Waals surface area (Å²) in [4.78, 5) is 11.1. The topological polar surface area (TPSA) is 43.1 Å². The van der Waals surface area contributed by atoms with Crippen molar-refractivity contribution in [3.05, 3.63) is 35.9 Å². The number of carbonyl (C=O) groups excluding carboxylic acids is 1. The lowest BCUT2D eigenvalue weighted by Gasteiger charge is -2.09. The molecule has 0 spiro atoms. The van der Waals surface area contributed by atoms with Gasteiger partial charge in [0, 0.05) is 5.92 Å². The van der Waals surface area contributed by atoms with Crippen LogP contribution in [0.1, 0.15) is 18.9 Å². The minimum Gasteiger partial charge on any atom is -0.321 e. The first kappa shape index (κ1) is 8.45. The molecule has 2 heteroatoms. The molecule has 2 atom stereocenters. The van der Waals surface area contributed by atoms with E-state index >= 15 is 0 Å². The summed E-state index contributed by atoms with van der Waals surface area (Å²) in [5, 5.41) is 0. The number of carbonyl (C=O) groups is 1. The third-order valence-electron chi connectivity index (χ3n) is 2.81. The van der Waals surface area contributed by atoms with Crippen molar-refractivity contribution < 1.29 is 4.79 Å². The Balaban J connectivity index is 2.25. The second-order valence-electron chi connectivity index (χ2n) is 3.77. The Labute approximate surface area is 77.8 Å². The number of hydrogen-bond acceptors (Lipinski definition) is 2. The van der Waals surface area contributed by atoms with Crippen molar-refractivity contribution in [2.45, 2.75) is 18.9 Å². The minimum atomic E-state index is -0.368. The third-order valence-corrected chi connectivity index (χ3v) is 2.81. The van der Waals surface area contributed by atoms with Crippen molar-refractivity contribution in [2.75, 3.05) is 0 Å². The number of Topliss-reactive ketones (excluding diaryl/α,β-unsaturated/α-hetero) is 1. The van der Waals surface area contributed by atoms with Gasteiger partial charge in [-0.3, -0.25) is 4.79 Å². The maximum absolute atomic E-state index is 11.1. The summed E-state index contributed by atoms with van der Waals surface area (Å²) >= 11 is 0. The summed E-state index contributed by atoms with van der Waals surface area (Å²) in [6.07, 6.45) is 0.798. The monoisotopic (exact) mass is 175 g/mol. The fraction of sp³-hybridized carbons (Fsp3) is 0.364. The molecule has 2 rings (SSSR count). The van der Waals surface area contributed by atoms with E-state index in [2.05, 4.69) is 0 Å². The molecule has 0 bridgehead atoms. The van der Waals surface area contributed by atoms with Crippen LogP contribution in [0.3, 0.4) is 0 Å². The number of nitrogens with two attached hydrogens (primary N) is 1. The fourth-order valence-corrected chi connectivity index (χ4v) is 1.85. The van der Waals surface area contributed by atoms with Crippen molar-refractivity contribution in [3.63, 3.8) is 0 Å². The Kier molecular flexibility index (Phi) is 1.74. The van der Waals surface area contributed by atoms with Crippen LogP contribution in [0.5, 0.6) is 0 Å². The van der Waals surface area contributed by atoms with E-state index < -0.39 is 0 Å². The van der Waals surface area contributed by atoms with Gasteiger partial charge in [-0.1, -0.05) is 30.3 Å². The van der Waals surface area contributed by atoms with E-state index in [9.17, 15) is 4.79 Å². The van der Waals surface area contributed by atoms with Crippen LogP contribution >= 0.6 is 0 Å². The Hall–Kier alpha value is -1.15. The molecule has 0 saturated heterocycles. The van der Waals surface area contributed by atoms with Gasteiger partial charge in [0.05, 0.1) is 5.54 Å². The average molecular weight is 175 g/mol. The zero-order valence-corrected chi connectivity index (χ0v) is 7.66. The van der Waals surface area contributed by atoms with E-state index in [1.165, 1.54) is 0 Å². The number of rotatable bonds is 2. The molecule has 13 heavy (non-hydrogen) atoms. The van der Waals surface area contributed by atoms with Gasteiger partial charge in [0.25, 0.3) is 0 Å².